The van der Waals surface area contributed by atoms with Crippen LogP contribution in [0.4, 0.5) is 5.69 Å². The van der Waals surface area contributed by atoms with Crippen molar-refractivity contribution in [3.8, 4) is 0 Å². The molecule has 126 valence electrons. The first-order valence-electron chi connectivity index (χ1n) is 7.99. The van der Waals surface area contributed by atoms with Crippen LogP contribution in [-0.2, 0) is 19.7 Å². The van der Waals surface area contributed by atoms with E-state index in [1.807, 2.05) is 24.3 Å². The highest BCUT2D eigenvalue weighted by Crippen LogP contribution is 2.46. The van der Waals surface area contributed by atoms with E-state index >= 15 is 0 Å². The summed E-state index contributed by atoms with van der Waals surface area (Å²) in [7, 11) is 1.58. The highest BCUT2D eigenvalue weighted by molar-refractivity contribution is 6.13. The molecule has 0 bridgehead atoms. The number of hydrogen-bond acceptors (Lipinski definition) is 3. The van der Waals surface area contributed by atoms with Crippen LogP contribution in [-0.4, -0.2) is 32.1 Å². The van der Waals surface area contributed by atoms with Crippen LogP contribution in [0.15, 0.2) is 24.3 Å². The standard InChI is InChI=1S/C18H26N2O3/c1-17(2,3)13-5-7-14(8-6-13)20-16(22)18(9-10-18)15(21)19-11-12-23-4/h5-8H,9-12H2,1-4H3,(H,19,21)(H,20,22). The van der Waals surface area contributed by atoms with Gasteiger partial charge in [-0.3, -0.25) is 9.59 Å². The summed E-state index contributed by atoms with van der Waals surface area (Å²) in [4.78, 5) is 24.6. The van der Waals surface area contributed by atoms with Gasteiger partial charge < -0.3 is 15.4 Å². The molecule has 0 saturated heterocycles. The molecule has 0 aromatic heterocycles. The largest absolute Gasteiger partial charge is 0.383 e. The number of benzene rings is 1. The molecule has 23 heavy (non-hydrogen) atoms. The summed E-state index contributed by atoms with van der Waals surface area (Å²) in [6.07, 6.45) is 1.19. The molecule has 1 saturated carbocycles. The smallest absolute Gasteiger partial charge is 0.240 e. The Bertz CT molecular complexity index is 569. The maximum atomic E-state index is 12.4. The number of rotatable bonds is 6. The first-order chi connectivity index (χ1) is 10.8. The second-order valence-corrected chi connectivity index (χ2v) is 7.11. The van der Waals surface area contributed by atoms with Crippen molar-refractivity contribution in [3.05, 3.63) is 29.8 Å². The zero-order chi connectivity index (χ0) is 17.1. The monoisotopic (exact) mass is 318 g/mol. The molecule has 2 rings (SSSR count). The van der Waals surface area contributed by atoms with Gasteiger partial charge in [-0.2, -0.15) is 0 Å². The van der Waals surface area contributed by atoms with E-state index < -0.39 is 5.41 Å². The Kier molecular flexibility index (Phi) is 5.09. The molecule has 0 unspecified atom stereocenters. The van der Waals surface area contributed by atoms with E-state index in [-0.39, 0.29) is 17.2 Å². The maximum absolute atomic E-state index is 12.4. The van der Waals surface area contributed by atoms with E-state index in [0.29, 0.717) is 26.0 Å². The summed E-state index contributed by atoms with van der Waals surface area (Å²) in [5, 5.41) is 5.62. The topological polar surface area (TPSA) is 67.4 Å². The predicted molar refractivity (Wildman–Crippen MR) is 90.3 cm³/mol. The molecule has 0 radical (unpaired) electrons. The minimum absolute atomic E-state index is 0.0709. The second-order valence-electron chi connectivity index (χ2n) is 7.11. The van der Waals surface area contributed by atoms with E-state index in [0.717, 1.165) is 5.69 Å². The number of nitrogens with one attached hydrogen (secondary N) is 2. The highest BCUT2D eigenvalue weighted by atomic mass is 16.5. The van der Waals surface area contributed by atoms with Crippen molar-refractivity contribution in [1.82, 2.24) is 5.32 Å². The average Bonchev–Trinajstić information content (AvgIpc) is 3.29. The Balaban J connectivity index is 1.97. The molecule has 1 aromatic rings. The fourth-order valence-electron chi connectivity index (χ4n) is 2.42. The SMILES string of the molecule is COCCNC(=O)C1(C(=O)Nc2ccc(C(C)(C)C)cc2)CC1. The third kappa shape index (κ3) is 4.10. The molecule has 0 spiro atoms. The lowest BCUT2D eigenvalue weighted by Crippen LogP contribution is -2.41. The summed E-state index contributed by atoms with van der Waals surface area (Å²) < 4.78 is 4.90. The number of hydrogen-bond donors (Lipinski definition) is 2. The Morgan fingerprint density at radius 2 is 1.74 bits per heavy atom. The quantitative estimate of drug-likeness (QED) is 0.625. The zero-order valence-electron chi connectivity index (χ0n) is 14.4. The van der Waals surface area contributed by atoms with Gasteiger partial charge in [0.05, 0.1) is 6.61 Å². The second kappa shape index (κ2) is 6.71. The molecule has 0 heterocycles. The van der Waals surface area contributed by atoms with Gasteiger partial charge in [0.15, 0.2) is 0 Å². The molecule has 1 aliphatic carbocycles. The Morgan fingerprint density at radius 3 is 2.22 bits per heavy atom. The van der Waals surface area contributed by atoms with E-state index in [1.165, 1.54) is 5.56 Å². The van der Waals surface area contributed by atoms with Gasteiger partial charge in [0.2, 0.25) is 11.8 Å². The van der Waals surface area contributed by atoms with Crippen LogP contribution in [0.5, 0.6) is 0 Å². The number of methoxy groups -OCH3 is 1. The minimum atomic E-state index is -0.906. The van der Waals surface area contributed by atoms with Crippen molar-refractivity contribution in [1.29, 1.82) is 0 Å². The number of ether oxygens (including phenoxy) is 1. The van der Waals surface area contributed by atoms with Gasteiger partial charge in [-0.15, -0.1) is 0 Å². The Morgan fingerprint density at radius 1 is 1.13 bits per heavy atom. The van der Waals surface area contributed by atoms with Crippen LogP contribution in [0.2, 0.25) is 0 Å². The first-order valence-corrected chi connectivity index (χ1v) is 7.99. The summed E-state index contributed by atoms with van der Waals surface area (Å²) in [5.74, 6) is -0.436. The van der Waals surface area contributed by atoms with Crippen molar-refractivity contribution in [3.63, 3.8) is 0 Å². The van der Waals surface area contributed by atoms with Crippen molar-refractivity contribution >= 4 is 17.5 Å². The van der Waals surface area contributed by atoms with E-state index in [1.54, 1.807) is 7.11 Å². The van der Waals surface area contributed by atoms with Gasteiger partial charge in [0, 0.05) is 19.3 Å². The van der Waals surface area contributed by atoms with E-state index in [4.69, 9.17) is 4.74 Å². The molecular formula is C18H26N2O3. The molecule has 1 fully saturated rings. The predicted octanol–water partition coefficient (Wildman–Crippen LogP) is 2.47. The number of anilines is 1. The number of carbonyl (C=O) groups is 2. The van der Waals surface area contributed by atoms with Gasteiger partial charge in [0.25, 0.3) is 0 Å². The fourth-order valence-corrected chi connectivity index (χ4v) is 2.42. The van der Waals surface area contributed by atoms with Gasteiger partial charge >= 0.3 is 0 Å². The van der Waals surface area contributed by atoms with Crippen LogP contribution in [0.25, 0.3) is 0 Å². The van der Waals surface area contributed by atoms with Crippen molar-refractivity contribution in [2.75, 3.05) is 25.6 Å². The van der Waals surface area contributed by atoms with Crippen LogP contribution < -0.4 is 10.6 Å². The normalized spacial score (nSPS) is 15.8. The van der Waals surface area contributed by atoms with Crippen molar-refractivity contribution in [2.24, 2.45) is 5.41 Å². The van der Waals surface area contributed by atoms with E-state index in [2.05, 4.69) is 31.4 Å². The molecule has 0 aliphatic heterocycles. The lowest BCUT2D eigenvalue weighted by atomic mass is 9.87. The fraction of sp³-hybridized carbons (Fsp3) is 0.556. The number of amides is 2. The molecule has 2 amide bonds. The Hall–Kier alpha value is -1.88. The third-order valence-corrected chi connectivity index (χ3v) is 4.22. The molecular weight excluding hydrogens is 292 g/mol. The van der Waals surface area contributed by atoms with Crippen LogP contribution >= 0.6 is 0 Å². The van der Waals surface area contributed by atoms with Crippen LogP contribution in [0.1, 0.15) is 39.2 Å². The van der Waals surface area contributed by atoms with Crippen molar-refractivity contribution in [2.45, 2.75) is 39.0 Å². The molecule has 1 aromatic carbocycles. The molecule has 5 nitrogen and oxygen atoms in total. The lowest BCUT2D eigenvalue weighted by Gasteiger charge is -2.20. The molecule has 1 aliphatic rings. The summed E-state index contributed by atoms with van der Waals surface area (Å²) >= 11 is 0. The van der Waals surface area contributed by atoms with Crippen LogP contribution in [0, 0.1) is 5.41 Å². The van der Waals surface area contributed by atoms with E-state index in [9.17, 15) is 9.59 Å². The van der Waals surface area contributed by atoms with Gasteiger partial charge in [-0.25, -0.2) is 0 Å². The molecule has 2 N–H and O–H groups in total. The first kappa shape index (κ1) is 17.5. The molecule has 5 heteroatoms. The molecule has 0 atom stereocenters. The van der Waals surface area contributed by atoms with Gasteiger partial charge in [-0.05, 0) is 36.0 Å². The average molecular weight is 318 g/mol. The summed E-state index contributed by atoms with van der Waals surface area (Å²) in [5.41, 5.74) is 1.09. The summed E-state index contributed by atoms with van der Waals surface area (Å²) in [6.45, 7) is 7.29. The minimum Gasteiger partial charge on any atom is -0.383 e. The zero-order valence-corrected chi connectivity index (χ0v) is 14.4. The maximum Gasteiger partial charge on any atom is 0.240 e. The van der Waals surface area contributed by atoms with Crippen LogP contribution in [0.3, 0.4) is 0 Å². The highest BCUT2D eigenvalue weighted by Gasteiger charge is 2.56. The van der Waals surface area contributed by atoms with Crippen molar-refractivity contribution < 1.29 is 14.3 Å². The van der Waals surface area contributed by atoms with Gasteiger partial charge in [0.1, 0.15) is 5.41 Å². The summed E-state index contributed by atoms with van der Waals surface area (Å²) in [6, 6.07) is 7.79. The van der Waals surface area contributed by atoms with Gasteiger partial charge in [-0.1, -0.05) is 32.9 Å². The third-order valence-electron chi connectivity index (χ3n) is 4.22. The lowest BCUT2D eigenvalue weighted by molar-refractivity contribution is -0.134. The Labute approximate surface area is 137 Å². The number of carbonyl (C=O) groups excluding carboxylic acids is 2.